The Balaban J connectivity index is 2.15. The molecule has 0 radical (unpaired) electrons. The van der Waals surface area contributed by atoms with Gasteiger partial charge in [0, 0.05) is 42.3 Å². The van der Waals surface area contributed by atoms with Crippen molar-refractivity contribution in [1.29, 1.82) is 0 Å². The van der Waals surface area contributed by atoms with Crippen LogP contribution in [0.1, 0.15) is 15.9 Å². The molecule has 3 rings (SSSR count). The van der Waals surface area contributed by atoms with Gasteiger partial charge in [-0.1, -0.05) is 31.9 Å². The van der Waals surface area contributed by atoms with Crippen LogP contribution in [-0.2, 0) is 0 Å². The van der Waals surface area contributed by atoms with Crippen molar-refractivity contribution in [3.63, 3.8) is 0 Å². The normalized spacial score (nSPS) is 10.9. The van der Waals surface area contributed by atoms with E-state index in [1.54, 1.807) is 24.5 Å². The Morgan fingerprint density at radius 2 is 1.70 bits per heavy atom. The Hall–Kier alpha value is -0.980. The highest BCUT2D eigenvalue weighted by Crippen LogP contribution is 2.26. The molecule has 2 aromatic heterocycles. The molecule has 2 heterocycles. The van der Waals surface area contributed by atoms with E-state index in [4.69, 9.17) is 0 Å². The van der Waals surface area contributed by atoms with Gasteiger partial charge in [-0.2, -0.15) is 0 Å². The molecule has 0 amide bonds. The lowest BCUT2D eigenvalue weighted by Crippen LogP contribution is -2.00. The second kappa shape index (κ2) is 5.42. The van der Waals surface area contributed by atoms with Crippen molar-refractivity contribution < 1.29 is 4.79 Å². The van der Waals surface area contributed by atoms with E-state index in [-0.39, 0.29) is 5.78 Å². The number of carbonyl (C=O) groups excluding carboxylic acids is 1. The summed E-state index contributed by atoms with van der Waals surface area (Å²) in [7, 11) is 0. The Morgan fingerprint density at radius 3 is 2.40 bits per heavy atom. The van der Waals surface area contributed by atoms with Gasteiger partial charge in [-0.3, -0.25) is 4.79 Å². The average Bonchev–Trinajstić information content (AvgIpc) is 2.79. The first-order valence-corrected chi connectivity index (χ1v) is 8.06. The molecule has 0 spiro atoms. The third-order valence-corrected chi connectivity index (χ3v) is 4.22. The SMILES string of the molecule is O=C(c1cc(Br)cc(Br)c1)c1c[nH]c2ncc(Br)cc12. The van der Waals surface area contributed by atoms with E-state index < -0.39 is 0 Å². The molecule has 0 bridgehead atoms. The molecule has 0 aliphatic carbocycles. The molecule has 20 heavy (non-hydrogen) atoms. The molecule has 0 fully saturated rings. The van der Waals surface area contributed by atoms with Crippen LogP contribution < -0.4 is 0 Å². The monoisotopic (exact) mass is 456 g/mol. The zero-order chi connectivity index (χ0) is 14.3. The number of aromatic nitrogens is 2. The molecule has 3 nitrogen and oxygen atoms in total. The first-order chi connectivity index (χ1) is 9.54. The number of halogens is 3. The van der Waals surface area contributed by atoms with Gasteiger partial charge in [0.2, 0.25) is 0 Å². The Morgan fingerprint density at radius 1 is 1.00 bits per heavy atom. The van der Waals surface area contributed by atoms with Gasteiger partial charge in [0.15, 0.2) is 5.78 Å². The van der Waals surface area contributed by atoms with Gasteiger partial charge in [0.25, 0.3) is 0 Å². The maximum absolute atomic E-state index is 12.6. The maximum atomic E-state index is 12.6. The second-order valence-electron chi connectivity index (χ2n) is 4.24. The van der Waals surface area contributed by atoms with Crippen molar-refractivity contribution in [3.05, 3.63) is 61.2 Å². The van der Waals surface area contributed by atoms with Gasteiger partial charge >= 0.3 is 0 Å². The number of benzene rings is 1. The summed E-state index contributed by atoms with van der Waals surface area (Å²) in [5.41, 5.74) is 1.93. The fourth-order valence-corrected chi connectivity index (χ4v) is 3.63. The summed E-state index contributed by atoms with van der Waals surface area (Å²) >= 11 is 10.2. The molecule has 0 aliphatic rings. The third kappa shape index (κ3) is 2.60. The Kier molecular flexibility index (Phi) is 3.79. The summed E-state index contributed by atoms with van der Waals surface area (Å²) < 4.78 is 2.55. The number of hydrogen-bond donors (Lipinski definition) is 1. The second-order valence-corrected chi connectivity index (χ2v) is 6.99. The molecule has 0 unspecified atom stereocenters. The molecule has 6 heteroatoms. The van der Waals surface area contributed by atoms with E-state index in [1.165, 1.54) is 0 Å². The molecule has 0 saturated carbocycles. The summed E-state index contributed by atoms with van der Waals surface area (Å²) in [6, 6.07) is 7.39. The number of rotatable bonds is 2. The van der Waals surface area contributed by atoms with Gasteiger partial charge in [-0.05, 0) is 40.2 Å². The smallest absolute Gasteiger partial charge is 0.195 e. The summed E-state index contributed by atoms with van der Waals surface area (Å²) in [5, 5.41) is 0.806. The topological polar surface area (TPSA) is 45.8 Å². The van der Waals surface area contributed by atoms with Crippen molar-refractivity contribution >= 4 is 64.6 Å². The van der Waals surface area contributed by atoms with E-state index in [2.05, 4.69) is 57.8 Å². The number of hydrogen-bond acceptors (Lipinski definition) is 2. The minimum Gasteiger partial charge on any atom is -0.345 e. The molecular formula is C14H7Br3N2O. The number of ketones is 1. The standard InChI is InChI=1S/C14H7Br3N2O/c15-8-1-7(2-9(16)3-8)13(20)12-6-19-14-11(12)4-10(17)5-18-14/h1-6H,(H,18,19). The minimum atomic E-state index is -0.0434. The van der Waals surface area contributed by atoms with E-state index >= 15 is 0 Å². The molecule has 1 aromatic carbocycles. The summed E-state index contributed by atoms with van der Waals surface area (Å²) in [6.45, 7) is 0. The Labute approximate surface area is 140 Å². The lowest BCUT2D eigenvalue weighted by atomic mass is 10.0. The highest BCUT2D eigenvalue weighted by molar-refractivity contribution is 9.11. The summed E-state index contributed by atoms with van der Waals surface area (Å²) in [4.78, 5) is 19.9. The fourth-order valence-electron chi connectivity index (χ4n) is 2.01. The summed E-state index contributed by atoms with van der Waals surface area (Å²) in [6.07, 6.45) is 3.39. The van der Waals surface area contributed by atoms with Crippen molar-refractivity contribution in [2.75, 3.05) is 0 Å². The predicted molar refractivity (Wildman–Crippen MR) is 89.1 cm³/mol. The van der Waals surface area contributed by atoms with E-state index in [0.29, 0.717) is 16.8 Å². The molecule has 3 aromatic rings. The van der Waals surface area contributed by atoms with Crippen LogP contribution in [0, 0.1) is 0 Å². The van der Waals surface area contributed by atoms with Gasteiger partial charge < -0.3 is 4.98 Å². The van der Waals surface area contributed by atoms with E-state index in [9.17, 15) is 4.79 Å². The zero-order valence-corrected chi connectivity index (χ0v) is 14.7. The number of aromatic amines is 1. The van der Waals surface area contributed by atoms with Crippen LogP contribution in [0.5, 0.6) is 0 Å². The van der Waals surface area contributed by atoms with Crippen LogP contribution in [-0.4, -0.2) is 15.8 Å². The van der Waals surface area contributed by atoms with Gasteiger partial charge in [-0.25, -0.2) is 4.98 Å². The van der Waals surface area contributed by atoms with Crippen molar-refractivity contribution in [1.82, 2.24) is 9.97 Å². The molecule has 100 valence electrons. The molecule has 0 atom stereocenters. The highest BCUT2D eigenvalue weighted by atomic mass is 79.9. The number of nitrogens with one attached hydrogen (secondary N) is 1. The number of carbonyl (C=O) groups is 1. The first kappa shape index (κ1) is 14.0. The van der Waals surface area contributed by atoms with Gasteiger partial charge in [0.05, 0.1) is 0 Å². The number of fused-ring (bicyclic) bond motifs is 1. The van der Waals surface area contributed by atoms with Gasteiger partial charge in [-0.15, -0.1) is 0 Å². The van der Waals surface area contributed by atoms with Crippen LogP contribution in [0.25, 0.3) is 11.0 Å². The lowest BCUT2D eigenvalue weighted by molar-refractivity contribution is 0.104. The van der Waals surface area contributed by atoms with Crippen LogP contribution in [0.3, 0.4) is 0 Å². The number of pyridine rings is 1. The van der Waals surface area contributed by atoms with Crippen LogP contribution >= 0.6 is 47.8 Å². The third-order valence-electron chi connectivity index (χ3n) is 2.87. The highest BCUT2D eigenvalue weighted by Gasteiger charge is 2.16. The fraction of sp³-hybridized carbons (Fsp3) is 0. The van der Waals surface area contributed by atoms with Gasteiger partial charge in [0.1, 0.15) is 5.65 Å². The molecule has 0 saturated heterocycles. The molecular weight excluding hydrogens is 452 g/mol. The predicted octanol–water partition coefficient (Wildman–Crippen LogP) is 5.08. The lowest BCUT2D eigenvalue weighted by Gasteiger charge is -2.02. The number of H-pyrrole nitrogens is 1. The van der Waals surface area contributed by atoms with E-state index in [1.807, 2.05) is 12.1 Å². The number of nitrogens with zero attached hydrogens (tertiary/aromatic N) is 1. The maximum Gasteiger partial charge on any atom is 0.195 e. The van der Waals surface area contributed by atoms with Crippen LogP contribution in [0.15, 0.2) is 50.1 Å². The van der Waals surface area contributed by atoms with Crippen LogP contribution in [0.4, 0.5) is 0 Å². The summed E-state index contributed by atoms with van der Waals surface area (Å²) in [5.74, 6) is -0.0434. The van der Waals surface area contributed by atoms with E-state index in [0.717, 1.165) is 18.8 Å². The minimum absolute atomic E-state index is 0.0434. The first-order valence-electron chi connectivity index (χ1n) is 5.68. The Bertz CT molecular complexity index is 806. The molecule has 0 aliphatic heterocycles. The van der Waals surface area contributed by atoms with Crippen molar-refractivity contribution in [2.45, 2.75) is 0 Å². The van der Waals surface area contributed by atoms with Crippen molar-refractivity contribution in [3.8, 4) is 0 Å². The average molecular weight is 459 g/mol. The van der Waals surface area contributed by atoms with Crippen LogP contribution in [0.2, 0.25) is 0 Å². The largest absolute Gasteiger partial charge is 0.345 e. The zero-order valence-electron chi connectivity index (χ0n) is 9.95. The quantitative estimate of drug-likeness (QED) is 0.544. The molecule has 1 N–H and O–H groups in total. The van der Waals surface area contributed by atoms with Crippen molar-refractivity contribution in [2.24, 2.45) is 0 Å².